The summed E-state index contributed by atoms with van der Waals surface area (Å²) in [5.74, 6) is -0.806. The van der Waals surface area contributed by atoms with Crippen molar-refractivity contribution in [1.29, 1.82) is 0 Å². The molecule has 0 spiro atoms. The molecule has 5 heteroatoms. The summed E-state index contributed by atoms with van der Waals surface area (Å²) in [6, 6.07) is 21.8. The van der Waals surface area contributed by atoms with Crippen LogP contribution < -0.4 is 4.90 Å². The molecule has 5 nitrogen and oxygen atoms in total. The van der Waals surface area contributed by atoms with Gasteiger partial charge in [-0.15, -0.1) is 0 Å². The maximum atomic E-state index is 13.3. The van der Waals surface area contributed by atoms with Gasteiger partial charge >= 0.3 is 0 Å². The summed E-state index contributed by atoms with van der Waals surface area (Å²) in [7, 11) is 0. The Balaban J connectivity index is 1.60. The average Bonchev–Trinajstić information content (AvgIpc) is 3.00. The Labute approximate surface area is 175 Å². The van der Waals surface area contributed by atoms with Gasteiger partial charge in [0.25, 0.3) is 17.7 Å². The molecule has 0 atom stereocenters. The highest BCUT2D eigenvalue weighted by Gasteiger charge is 2.35. The zero-order chi connectivity index (χ0) is 21.3. The number of fused-ring (bicyclic) bond motifs is 1. The first kappa shape index (κ1) is 19.6. The number of amides is 3. The second-order valence-corrected chi connectivity index (χ2v) is 7.47. The van der Waals surface area contributed by atoms with Gasteiger partial charge in [-0.2, -0.15) is 0 Å². The van der Waals surface area contributed by atoms with Crippen LogP contribution in [0.1, 0.15) is 42.2 Å². The highest BCUT2D eigenvalue weighted by Crippen LogP contribution is 2.24. The number of nitrogens with zero attached hydrogens (tertiary/aromatic N) is 2. The second kappa shape index (κ2) is 7.95. The van der Waals surface area contributed by atoms with Crippen LogP contribution in [0.2, 0.25) is 0 Å². The van der Waals surface area contributed by atoms with Gasteiger partial charge in [-0.1, -0.05) is 47.5 Å². The van der Waals surface area contributed by atoms with E-state index in [0.717, 1.165) is 16.8 Å². The minimum Gasteiger partial charge on any atom is -0.307 e. The van der Waals surface area contributed by atoms with Gasteiger partial charge in [-0.3, -0.25) is 19.3 Å². The number of benzene rings is 3. The fraction of sp³-hybridized carbons (Fsp3) is 0.160. The fourth-order valence-electron chi connectivity index (χ4n) is 3.57. The molecular formula is C25H22N2O3. The SMILES string of the molecule is Cc1ccc(C(=O)N(CCN2C(=O)c3ccccc3C2=O)c2ccc(C)cc2)cc1. The van der Waals surface area contributed by atoms with Gasteiger partial charge in [-0.25, -0.2) is 0 Å². The van der Waals surface area contributed by atoms with Crippen molar-refractivity contribution >= 4 is 23.4 Å². The molecule has 4 rings (SSSR count). The van der Waals surface area contributed by atoms with Crippen molar-refractivity contribution in [2.75, 3.05) is 18.0 Å². The minimum absolute atomic E-state index is 0.123. The Morgan fingerprint density at radius 2 is 1.27 bits per heavy atom. The van der Waals surface area contributed by atoms with E-state index in [1.165, 1.54) is 4.90 Å². The van der Waals surface area contributed by atoms with Crippen molar-refractivity contribution in [3.05, 3.63) is 101 Å². The quantitative estimate of drug-likeness (QED) is 0.604. The van der Waals surface area contributed by atoms with E-state index in [1.54, 1.807) is 41.3 Å². The lowest BCUT2D eigenvalue weighted by atomic mass is 10.1. The first-order valence-electron chi connectivity index (χ1n) is 9.86. The first-order chi connectivity index (χ1) is 14.5. The number of hydrogen-bond acceptors (Lipinski definition) is 3. The Hall–Kier alpha value is -3.73. The summed E-state index contributed by atoms with van der Waals surface area (Å²) in [4.78, 5) is 41.5. The van der Waals surface area contributed by atoms with Crippen molar-refractivity contribution in [3.63, 3.8) is 0 Å². The van der Waals surface area contributed by atoms with Crippen LogP contribution in [0.4, 0.5) is 5.69 Å². The van der Waals surface area contributed by atoms with Gasteiger partial charge in [0.05, 0.1) is 11.1 Å². The number of rotatable bonds is 5. The van der Waals surface area contributed by atoms with Gasteiger partial charge in [0, 0.05) is 24.3 Å². The molecule has 1 aliphatic heterocycles. The summed E-state index contributed by atoms with van der Waals surface area (Å²) in [6.45, 7) is 4.28. The topological polar surface area (TPSA) is 57.7 Å². The minimum atomic E-state index is -0.317. The molecular weight excluding hydrogens is 376 g/mol. The van der Waals surface area contributed by atoms with E-state index in [9.17, 15) is 14.4 Å². The number of imide groups is 1. The van der Waals surface area contributed by atoms with Crippen LogP contribution in [-0.4, -0.2) is 35.7 Å². The summed E-state index contributed by atoms with van der Waals surface area (Å²) in [5.41, 5.74) is 4.26. The van der Waals surface area contributed by atoms with Crippen molar-refractivity contribution in [3.8, 4) is 0 Å². The molecule has 0 aromatic heterocycles. The zero-order valence-corrected chi connectivity index (χ0v) is 17.0. The fourth-order valence-corrected chi connectivity index (χ4v) is 3.57. The molecule has 0 aliphatic carbocycles. The lowest BCUT2D eigenvalue weighted by molar-refractivity contribution is 0.0654. The average molecular weight is 398 g/mol. The van der Waals surface area contributed by atoms with Crippen molar-refractivity contribution in [1.82, 2.24) is 4.90 Å². The van der Waals surface area contributed by atoms with Gasteiger partial charge in [0.1, 0.15) is 0 Å². The third kappa shape index (κ3) is 3.62. The summed E-state index contributed by atoms with van der Waals surface area (Å²) >= 11 is 0. The molecule has 0 saturated carbocycles. The number of carbonyl (C=O) groups excluding carboxylic acids is 3. The molecule has 3 aromatic carbocycles. The Morgan fingerprint density at radius 3 is 1.80 bits per heavy atom. The number of anilines is 1. The predicted octanol–water partition coefficient (Wildman–Crippen LogP) is 4.25. The van der Waals surface area contributed by atoms with Crippen LogP contribution in [0.25, 0.3) is 0 Å². The molecule has 3 aromatic rings. The summed E-state index contributed by atoms with van der Waals surface area (Å²) in [6.07, 6.45) is 0. The van der Waals surface area contributed by atoms with Crippen molar-refractivity contribution in [2.45, 2.75) is 13.8 Å². The Bertz CT molecular complexity index is 1080. The Kier molecular flexibility index (Phi) is 5.19. The van der Waals surface area contributed by atoms with E-state index >= 15 is 0 Å². The van der Waals surface area contributed by atoms with Gasteiger partial charge in [0.2, 0.25) is 0 Å². The predicted molar refractivity (Wildman–Crippen MR) is 116 cm³/mol. The first-order valence-corrected chi connectivity index (χ1v) is 9.86. The van der Waals surface area contributed by atoms with Crippen LogP contribution in [-0.2, 0) is 0 Å². The lowest BCUT2D eigenvalue weighted by Crippen LogP contribution is -2.41. The summed E-state index contributed by atoms with van der Waals surface area (Å²) in [5, 5.41) is 0. The van der Waals surface area contributed by atoms with Crippen LogP contribution in [0.15, 0.2) is 72.8 Å². The van der Waals surface area contributed by atoms with E-state index < -0.39 is 0 Å². The Morgan fingerprint density at radius 1 is 0.767 bits per heavy atom. The molecule has 0 bridgehead atoms. The molecule has 0 radical (unpaired) electrons. The second-order valence-electron chi connectivity index (χ2n) is 7.47. The van der Waals surface area contributed by atoms with Crippen molar-refractivity contribution in [2.24, 2.45) is 0 Å². The third-order valence-corrected chi connectivity index (χ3v) is 5.31. The molecule has 1 heterocycles. The maximum Gasteiger partial charge on any atom is 0.261 e. The molecule has 0 fully saturated rings. The largest absolute Gasteiger partial charge is 0.307 e. The van der Waals surface area contributed by atoms with Crippen LogP contribution in [0.3, 0.4) is 0 Å². The van der Waals surface area contributed by atoms with E-state index in [1.807, 2.05) is 50.2 Å². The highest BCUT2D eigenvalue weighted by molar-refractivity contribution is 6.21. The molecule has 0 saturated heterocycles. The lowest BCUT2D eigenvalue weighted by Gasteiger charge is -2.25. The normalized spacial score (nSPS) is 12.8. The molecule has 30 heavy (non-hydrogen) atoms. The van der Waals surface area contributed by atoms with E-state index in [0.29, 0.717) is 16.7 Å². The van der Waals surface area contributed by atoms with Crippen LogP contribution >= 0.6 is 0 Å². The maximum absolute atomic E-state index is 13.3. The van der Waals surface area contributed by atoms with E-state index in [2.05, 4.69) is 0 Å². The molecule has 150 valence electrons. The smallest absolute Gasteiger partial charge is 0.261 e. The van der Waals surface area contributed by atoms with Gasteiger partial charge in [0.15, 0.2) is 0 Å². The van der Waals surface area contributed by atoms with Crippen LogP contribution in [0.5, 0.6) is 0 Å². The molecule has 0 unspecified atom stereocenters. The molecule has 0 N–H and O–H groups in total. The number of carbonyl (C=O) groups is 3. The number of aryl methyl sites for hydroxylation is 2. The van der Waals surface area contributed by atoms with E-state index in [-0.39, 0.29) is 30.8 Å². The molecule has 1 aliphatic rings. The zero-order valence-electron chi connectivity index (χ0n) is 17.0. The van der Waals surface area contributed by atoms with E-state index in [4.69, 9.17) is 0 Å². The van der Waals surface area contributed by atoms with Gasteiger partial charge in [-0.05, 0) is 50.2 Å². The standard InChI is InChI=1S/C25H22N2O3/c1-17-7-11-19(12-8-17)23(28)26(20-13-9-18(2)10-14-20)15-16-27-24(29)21-5-3-4-6-22(21)25(27)30/h3-14H,15-16H2,1-2H3. The molecule has 3 amide bonds. The van der Waals surface area contributed by atoms with Crippen LogP contribution in [0, 0.1) is 13.8 Å². The number of hydrogen-bond donors (Lipinski definition) is 0. The summed E-state index contributed by atoms with van der Waals surface area (Å²) < 4.78 is 0. The van der Waals surface area contributed by atoms with Gasteiger partial charge < -0.3 is 4.90 Å². The monoisotopic (exact) mass is 398 g/mol. The third-order valence-electron chi connectivity index (χ3n) is 5.31. The van der Waals surface area contributed by atoms with Crippen molar-refractivity contribution < 1.29 is 14.4 Å². The highest BCUT2D eigenvalue weighted by atomic mass is 16.2.